The Bertz CT molecular complexity index is 165. The molecule has 15 heavy (non-hydrogen) atoms. The molecule has 1 atom stereocenters. The molecule has 0 saturated carbocycles. The van der Waals surface area contributed by atoms with Gasteiger partial charge in [0.25, 0.3) is 0 Å². The number of hydrogen-bond donors (Lipinski definition) is 2. The van der Waals surface area contributed by atoms with Crippen molar-refractivity contribution >= 4 is 5.91 Å². The number of methoxy groups -OCH3 is 1. The highest BCUT2D eigenvalue weighted by molar-refractivity contribution is 5.73. The number of aliphatic hydroxyl groups excluding tert-OH is 1. The van der Waals surface area contributed by atoms with Crippen molar-refractivity contribution in [1.29, 1.82) is 0 Å². The van der Waals surface area contributed by atoms with E-state index >= 15 is 0 Å². The quantitative estimate of drug-likeness (QED) is 0.374. The molecular weight excluding hydrogens is 202 g/mol. The number of primary amides is 1. The van der Waals surface area contributed by atoms with Crippen LogP contribution in [0.5, 0.6) is 0 Å². The highest BCUT2D eigenvalue weighted by atomic mass is 16.7. The van der Waals surface area contributed by atoms with Crippen molar-refractivity contribution in [2.24, 2.45) is 5.73 Å². The predicted octanol–water partition coefficient (Wildman–Crippen LogP) is -0.750. The van der Waals surface area contributed by atoms with Crippen molar-refractivity contribution in [3.63, 3.8) is 0 Å². The lowest BCUT2D eigenvalue weighted by Gasteiger charge is -2.14. The lowest BCUT2D eigenvalue weighted by atomic mass is 10.2. The first-order chi connectivity index (χ1) is 7.20. The standard InChI is InChI=1S/C9H19NO5/c1-13-4-5-14-7-15-8(6-11)2-3-9(10)12/h8,11H,2-7H2,1H3,(H2,10,12)/t8-/m1/s1. The molecule has 0 unspecified atom stereocenters. The van der Waals surface area contributed by atoms with Crippen LogP contribution in [0, 0.1) is 0 Å². The van der Waals surface area contributed by atoms with Crippen LogP contribution in [-0.2, 0) is 19.0 Å². The second-order valence-electron chi connectivity index (χ2n) is 3.00. The van der Waals surface area contributed by atoms with E-state index < -0.39 is 12.0 Å². The zero-order valence-corrected chi connectivity index (χ0v) is 8.98. The molecule has 6 nitrogen and oxygen atoms in total. The molecule has 1 amide bonds. The van der Waals surface area contributed by atoms with Crippen LogP contribution < -0.4 is 5.73 Å². The summed E-state index contributed by atoms with van der Waals surface area (Å²) in [6.45, 7) is 0.854. The van der Waals surface area contributed by atoms with Crippen LogP contribution in [-0.4, -0.2) is 50.8 Å². The summed E-state index contributed by atoms with van der Waals surface area (Å²) in [4.78, 5) is 10.5. The second-order valence-corrected chi connectivity index (χ2v) is 3.00. The van der Waals surface area contributed by atoms with Crippen LogP contribution in [0.15, 0.2) is 0 Å². The van der Waals surface area contributed by atoms with E-state index in [2.05, 4.69) is 0 Å². The van der Waals surface area contributed by atoms with E-state index in [1.54, 1.807) is 7.11 Å². The largest absolute Gasteiger partial charge is 0.394 e. The smallest absolute Gasteiger partial charge is 0.217 e. The van der Waals surface area contributed by atoms with Gasteiger partial charge in [-0.05, 0) is 6.42 Å². The molecule has 0 fully saturated rings. The van der Waals surface area contributed by atoms with Crippen LogP contribution >= 0.6 is 0 Å². The molecule has 0 aromatic carbocycles. The summed E-state index contributed by atoms with van der Waals surface area (Å²) in [6, 6.07) is 0. The SMILES string of the molecule is COCCOCO[C@@H](CO)CCC(N)=O. The molecule has 6 heteroatoms. The Morgan fingerprint density at radius 2 is 2.20 bits per heavy atom. The fourth-order valence-corrected chi connectivity index (χ4v) is 0.876. The van der Waals surface area contributed by atoms with Crippen molar-refractivity contribution in [1.82, 2.24) is 0 Å². The van der Waals surface area contributed by atoms with E-state index in [9.17, 15) is 4.79 Å². The van der Waals surface area contributed by atoms with Crippen LogP contribution in [0.3, 0.4) is 0 Å². The fraction of sp³-hybridized carbons (Fsp3) is 0.889. The van der Waals surface area contributed by atoms with Gasteiger partial charge in [-0.15, -0.1) is 0 Å². The average Bonchev–Trinajstić information content (AvgIpc) is 2.22. The molecule has 0 bridgehead atoms. The number of aliphatic hydroxyl groups is 1. The molecule has 90 valence electrons. The number of rotatable bonds is 10. The Kier molecular flexibility index (Phi) is 9.40. The molecule has 0 radical (unpaired) electrons. The molecule has 3 N–H and O–H groups in total. The molecule has 0 heterocycles. The Labute approximate surface area is 89.3 Å². The average molecular weight is 221 g/mol. The third-order valence-corrected chi connectivity index (χ3v) is 1.74. The number of nitrogens with two attached hydrogens (primary N) is 1. The fourth-order valence-electron chi connectivity index (χ4n) is 0.876. The minimum absolute atomic E-state index is 0.0767. The molecule has 0 aromatic rings. The first-order valence-corrected chi connectivity index (χ1v) is 4.78. The van der Waals surface area contributed by atoms with Crippen molar-refractivity contribution < 1.29 is 24.1 Å². The Hall–Kier alpha value is -0.690. The Morgan fingerprint density at radius 1 is 1.47 bits per heavy atom. The van der Waals surface area contributed by atoms with E-state index in [0.29, 0.717) is 19.6 Å². The van der Waals surface area contributed by atoms with Gasteiger partial charge in [-0.1, -0.05) is 0 Å². The van der Waals surface area contributed by atoms with Gasteiger partial charge in [0, 0.05) is 13.5 Å². The van der Waals surface area contributed by atoms with E-state index in [0.717, 1.165) is 0 Å². The molecule has 0 aliphatic rings. The van der Waals surface area contributed by atoms with Crippen LogP contribution in [0.4, 0.5) is 0 Å². The first-order valence-electron chi connectivity index (χ1n) is 4.78. The van der Waals surface area contributed by atoms with E-state index in [1.165, 1.54) is 0 Å². The zero-order valence-electron chi connectivity index (χ0n) is 8.98. The van der Waals surface area contributed by atoms with Gasteiger partial charge in [0.15, 0.2) is 0 Å². The van der Waals surface area contributed by atoms with Gasteiger partial charge in [-0.3, -0.25) is 4.79 Å². The minimum atomic E-state index is -0.405. The minimum Gasteiger partial charge on any atom is -0.394 e. The van der Waals surface area contributed by atoms with Crippen molar-refractivity contribution in [2.75, 3.05) is 33.7 Å². The van der Waals surface area contributed by atoms with Crippen LogP contribution in [0.1, 0.15) is 12.8 Å². The van der Waals surface area contributed by atoms with Crippen LogP contribution in [0.25, 0.3) is 0 Å². The zero-order chi connectivity index (χ0) is 11.5. The number of ether oxygens (including phenoxy) is 3. The molecule has 0 aromatic heterocycles. The Morgan fingerprint density at radius 3 is 2.73 bits per heavy atom. The summed E-state index contributed by atoms with van der Waals surface area (Å²) in [6.07, 6.45) is 0.197. The number of hydrogen-bond acceptors (Lipinski definition) is 5. The number of amides is 1. The van der Waals surface area contributed by atoms with Gasteiger partial charge < -0.3 is 25.1 Å². The van der Waals surface area contributed by atoms with Gasteiger partial charge >= 0.3 is 0 Å². The predicted molar refractivity (Wildman–Crippen MR) is 53.1 cm³/mol. The molecule has 0 aliphatic carbocycles. The van der Waals surface area contributed by atoms with Crippen LogP contribution in [0.2, 0.25) is 0 Å². The molecule has 0 rings (SSSR count). The maximum atomic E-state index is 10.5. The normalized spacial score (nSPS) is 12.7. The summed E-state index contributed by atoms with van der Waals surface area (Å²) < 4.78 is 15.0. The first kappa shape index (κ1) is 14.3. The summed E-state index contributed by atoms with van der Waals surface area (Å²) in [5.74, 6) is -0.405. The van der Waals surface area contributed by atoms with Gasteiger partial charge in [0.1, 0.15) is 6.79 Å². The monoisotopic (exact) mass is 221 g/mol. The lowest BCUT2D eigenvalue weighted by Crippen LogP contribution is -2.23. The second kappa shape index (κ2) is 9.85. The van der Waals surface area contributed by atoms with E-state index in [1.807, 2.05) is 0 Å². The van der Waals surface area contributed by atoms with E-state index in [-0.39, 0.29) is 19.8 Å². The molecule has 0 aliphatic heterocycles. The third kappa shape index (κ3) is 9.61. The topological polar surface area (TPSA) is 91.0 Å². The van der Waals surface area contributed by atoms with Gasteiger partial charge in [0.2, 0.25) is 5.91 Å². The van der Waals surface area contributed by atoms with Crippen molar-refractivity contribution in [3.05, 3.63) is 0 Å². The molecule has 0 saturated heterocycles. The number of carbonyl (C=O) groups is 1. The lowest BCUT2D eigenvalue weighted by molar-refractivity contribution is -0.124. The Balaban J connectivity index is 3.40. The maximum absolute atomic E-state index is 10.5. The highest BCUT2D eigenvalue weighted by Gasteiger charge is 2.09. The van der Waals surface area contributed by atoms with Gasteiger partial charge in [0.05, 0.1) is 25.9 Å². The van der Waals surface area contributed by atoms with Gasteiger partial charge in [-0.25, -0.2) is 0 Å². The molecule has 0 spiro atoms. The highest BCUT2D eigenvalue weighted by Crippen LogP contribution is 2.01. The number of carbonyl (C=O) groups excluding carboxylic acids is 1. The summed E-state index contributed by atoms with van der Waals surface area (Å²) >= 11 is 0. The molecular formula is C9H19NO5. The maximum Gasteiger partial charge on any atom is 0.217 e. The van der Waals surface area contributed by atoms with Crippen molar-refractivity contribution in [3.8, 4) is 0 Å². The van der Waals surface area contributed by atoms with Gasteiger partial charge in [-0.2, -0.15) is 0 Å². The summed E-state index contributed by atoms with van der Waals surface area (Å²) in [5.41, 5.74) is 4.97. The summed E-state index contributed by atoms with van der Waals surface area (Å²) in [7, 11) is 1.58. The van der Waals surface area contributed by atoms with E-state index in [4.69, 9.17) is 25.1 Å². The third-order valence-electron chi connectivity index (χ3n) is 1.74. The summed E-state index contributed by atoms with van der Waals surface area (Å²) in [5, 5.41) is 8.88. The van der Waals surface area contributed by atoms with Crippen molar-refractivity contribution in [2.45, 2.75) is 18.9 Å².